The Morgan fingerprint density at radius 1 is 1.05 bits per heavy atom. The highest BCUT2D eigenvalue weighted by Crippen LogP contribution is 2.27. The molecule has 0 saturated carbocycles. The minimum atomic E-state index is 0.0512. The molecule has 10 nitrogen and oxygen atoms in total. The van der Waals surface area contributed by atoms with Crippen molar-refractivity contribution >= 4 is 34.7 Å². The van der Waals surface area contributed by atoms with Gasteiger partial charge in [0.05, 0.1) is 0 Å². The maximum absolute atomic E-state index is 13.1. The van der Waals surface area contributed by atoms with Crippen molar-refractivity contribution in [1.82, 2.24) is 34.2 Å². The molecule has 1 aromatic carbocycles. The van der Waals surface area contributed by atoms with E-state index in [2.05, 4.69) is 34.5 Å². The molecule has 1 N–H and O–H groups in total. The number of hydrogen-bond acceptors (Lipinski definition) is 7. The van der Waals surface area contributed by atoms with Crippen LogP contribution in [0.1, 0.15) is 41.6 Å². The van der Waals surface area contributed by atoms with Crippen LogP contribution >= 0.6 is 0 Å². The molecule has 0 aliphatic carbocycles. The zero-order valence-electron chi connectivity index (χ0n) is 24.0. The van der Waals surface area contributed by atoms with Crippen LogP contribution in [0.15, 0.2) is 48.7 Å². The van der Waals surface area contributed by atoms with Crippen molar-refractivity contribution in [3.8, 4) is 0 Å². The van der Waals surface area contributed by atoms with E-state index in [4.69, 9.17) is 4.98 Å². The summed E-state index contributed by atoms with van der Waals surface area (Å²) < 4.78 is 1.78. The van der Waals surface area contributed by atoms with Gasteiger partial charge in [0.2, 0.25) is 11.9 Å². The zero-order chi connectivity index (χ0) is 28.2. The molecule has 212 valence electrons. The van der Waals surface area contributed by atoms with Crippen molar-refractivity contribution in [3.63, 3.8) is 0 Å². The smallest absolute Gasteiger partial charge is 0.253 e. The SMILES string of the molecule is CN(C)CCC(=O)N1CC=C(c2cccn3nc(Nc4ccc(C(=O)N(C)C5CCN(C)CC5)cc4)nc23)CC1. The first-order chi connectivity index (χ1) is 19.3. The maximum Gasteiger partial charge on any atom is 0.253 e. The van der Waals surface area contributed by atoms with Gasteiger partial charge < -0.3 is 24.9 Å². The molecule has 0 spiro atoms. The van der Waals surface area contributed by atoms with Gasteiger partial charge in [0, 0.05) is 62.2 Å². The second-order valence-electron chi connectivity index (χ2n) is 11.2. The van der Waals surface area contributed by atoms with Crippen LogP contribution in [0.3, 0.4) is 0 Å². The summed E-state index contributed by atoms with van der Waals surface area (Å²) in [6, 6.07) is 11.8. The Bertz CT molecular complexity index is 1370. The predicted octanol–water partition coefficient (Wildman–Crippen LogP) is 3.21. The number of aromatic nitrogens is 3. The third kappa shape index (κ3) is 6.34. The van der Waals surface area contributed by atoms with Gasteiger partial charge in [0.1, 0.15) is 0 Å². The van der Waals surface area contributed by atoms with E-state index in [1.165, 1.54) is 5.57 Å². The van der Waals surface area contributed by atoms with E-state index in [1.807, 2.05) is 72.4 Å². The van der Waals surface area contributed by atoms with E-state index in [-0.39, 0.29) is 17.9 Å². The Hall–Kier alpha value is -3.76. The maximum atomic E-state index is 13.1. The van der Waals surface area contributed by atoms with Crippen molar-refractivity contribution in [2.24, 2.45) is 0 Å². The standard InChI is InChI=1S/C30H40N8O2/c1-34(2)17-15-27(39)37-20-11-22(12-21-37)26-6-5-16-38-28(26)32-30(33-38)31-24-9-7-23(8-10-24)29(40)36(4)25-13-18-35(3)19-14-25/h5-11,16,25H,12-15,17-21H2,1-4H3,(H,31,33). The molecule has 0 radical (unpaired) electrons. The van der Waals surface area contributed by atoms with E-state index in [0.29, 0.717) is 31.0 Å². The summed E-state index contributed by atoms with van der Waals surface area (Å²) in [5, 5.41) is 7.90. The third-order valence-corrected chi connectivity index (χ3v) is 7.99. The molecule has 2 aromatic heterocycles. The predicted molar refractivity (Wildman–Crippen MR) is 158 cm³/mol. The number of hydrogen-bond donors (Lipinski definition) is 1. The van der Waals surface area contributed by atoms with Gasteiger partial charge in [-0.1, -0.05) is 6.08 Å². The number of rotatable bonds is 8. The Morgan fingerprint density at radius 3 is 2.48 bits per heavy atom. The van der Waals surface area contributed by atoms with Gasteiger partial charge in [-0.3, -0.25) is 9.59 Å². The Balaban J connectivity index is 1.24. The van der Waals surface area contributed by atoms with Crippen molar-refractivity contribution in [1.29, 1.82) is 0 Å². The molecular weight excluding hydrogens is 504 g/mol. The molecule has 0 bridgehead atoms. The van der Waals surface area contributed by atoms with E-state index < -0.39 is 0 Å². The molecule has 0 atom stereocenters. The summed E-state index contributed by atoms with van der Waals surface area (Å²) >= 11 is 0. The Morgan fingerprint density at radius 2 is 1.80 bits per heavy atom. The minimum absolute atomic E-state index is 0.0512. The number of carbonyl (C=O) groups is 2. The Labute approximate surface area is 236 Å². The van der Waals surface area contributed by atoms with Crippen LogP contribution in [-0.2, 0) is 4.79 Å². The van der Waals surface area contributed by atoms with Crippen LogP contribution in [0.25, 0.3) is 11.2 Å². The van der Waals surface area contributed by atoms with Gasteiger partial charge in [-0.25, -0.2) is 4.52 Å². The lowest BCUT2D eigenvalue weighted by atomic mass is 10.0. The molecule has 1 fully saturated rings. The van der Waals surface area contributed by atoms with Gasteiger partial charge in [-0.15, -0.1) is 5.10 Å². The average Bonchev–Trinajstić information content (AvgIpc) is 3.38. The third-order valence-electron chi connectivity index (χ3n) is 7.99. The number of nitrogens with zero attached hydrogens (tertiary/aromatic N) is 7. The molecule has 40 heavy (non-hydrogen) atoms. The monoisotopic (exact) mass is 544 g/mol. The van der Waals surface area contributed by atoms with E-state index in [0.717, 1.165) is 55.8 Å². The second-order valence-corrected chi connectivity index (χ2v) is 11.2. The van der Waals surface area contributed by atoms with Gasteiger partial charge in [0.15, 0.2) is 5.65 Å². The molecule has 4 heterocycles. The van der Waals surface area contributed by atoms with Gasteiger partial charge in [-0.05, 0) is 95.5 Å². The quantitative estimate of drug-likeness (QED) is 0.466. The fraction of sp³-hybridized carbons (Fsp3) is 0.467. The summed E-state index contributed by atoms with van der Waals surface area (Å²) in [6.45, 7) is 4.11. The van der Waals surface area contributed by atoms with E-state index in [9.17, 15) is 9.59 Å². The first-order valence-corrected chi connectivity index (χ1v) is 14.1. The molecular formula is C30H40N8O2. The number of likely N-dealkylation sites (tertiary alicyclic amines) is 1. The van der Waals surface area contributed by atoms with Gasteiger partial charge in [-0.2, -0.15) is 4.98 Å². The van der Waals surface area contributed by atoms with E-state index >= 15 is 0 Å². The van der Waals surface area contributed by atoms with Crippen LogP contribution in [0.4, 0.5) is 11.6 Å². The molecule has 3 aromatic rings. The fourth-order valence-corrected chi connectivity index (χ4v) is 5.40. The van der Waals surface area contributed by atoms with Crippen molar-refractivity contribution in [3.05, 3.63) is 59.8 Å². The van der Waals surface area contributed by atoms with Crippen molar-refractivity contribution < 1.29 is 9.59 Å². The van der Waals surface area contributed by atoms with Crippen molar-refractivity contribution in [2.45, 2.75) is 31.7 Å². The van der Waals surface area contributed by atoms with Crippen LogP contribution in [0, 0.1) is 0 Å². The van der Waals surface area contributed by atoms with E-state index in [1.54, 1.807) is 4.52 Å². The number of amides is 2. The zero-order valence-corrected chi connectivity index (χ0v) is 24.0. The summed E-state index contributed by atoms with van der Waals surface area (Å²) in [7, 11) is 8.00. The summed E-state index contributed by atoms with van der Waals surface area (Å²) in [5.41, 5.74) is 4.48. The number of nitrogens with one attached hydrogen (secondary N) is 1. The number of carbonyl (C=O) groups excluding carboxylic acids is 2. The topological polar surface area (TPSA) is 89.3 Å². The molecule has 2 aliphatic heterocycles. The second kappa shape index (κ2) is 12.2. The largest absolute Gasteiger partial charge is 0.339 e. The first-order valence-electron chi connectivity index (χ1n) is 14.1. The number of fused-ring (bicyclic) bond motifs is 1. The number of piperidine rings is 1. The van der Waals surface area contributed by atoms with Gasteiger partial charge >= 0.3 is 0 Å². The number of anilines is 2. The lowest BCUT2D eigenvalue weighted by Crippen LogP contribution is -2.44. The highest BCUT2D eigenvalue weighted by molar-refractivity contribution is 5.94. The minimum Gasteiger partial charge on any atom is -0.339 e. The molecule has 10 heteroatoms. The molecule has 2 amide bonds. The van der Waals surface area contributed by atoms with Crippen LogP contribution in [-0.4, -0.2) is 113 Å². The van der Waals surface area contributed by atoms with Crippen LogP contribution < -0.4 is 5.32 Å². The lowest BCUT2D eigenvalue weighted by molar-refractivity contribution is -0.131. The summed E-state index contributed by atoms with van der Waals surface area (Å²) in [4.78, 5) is 38.5. The molecule has 0 unspecified atom stereocenters. The highest BCUT2D eigenvalue weighted by atomic mass is 16.2. The van der Waals surface area contributed by atoms with Gasteiger partial charge in [0.25, 0.3) is 5.91 Å². The fourth-order valence-electron chi connectivity index (χ4n) is 5.40. The van der Waals surface area contributed by atoms with Crippen LogP contribution in [0.2, 0.25) is 0 Å². The number of benzene rings is 1. The normalized spacial score (nSPS) is 16.8. The number of pyridine rings is 1. The van der Waals surface area contributed by atoms with Crippen molar-refractivity contribution in [2.75, 3.05) is 66.2 Å². The molecule has 2 aliphatic rings. The molecule has 1 saturated heterocycles. The lowest BCUT2D eigenvalue weighted by Gasteiger charge is -2.35. The molecule has 5 rings (SSSR count). The van der Waals surface area contributed by atoms with Crippen LogP contribution in [0.5, 0.6) is 0 Å². The highest BCUT2D eigenvalue weighted by Gasteiger charge is 2.25. The summed E-state index contributed by atoms with van der Waals surface area (Å²) in [5.74, 6) is 0.736. The first kappa shape index (κ1) is 27.8. The Kier molecular flexibility index (Phi) is 8.46. The summed E-state index contributed by atoms with van der Waals surface area (Å²) in [6.07, 6.45) is 7.35. The average molecular weight is 545 g/mol.